The third-order valence-corrected chi connectivity index (χ3v) is 3.33. The largest absolute Gasteiger partial charge is 0.152 e. The van der Waals surface area contributed by atoms with Gasteiger partial charge >= 0.3 is 0 Å². The van der Waals surface area contributed by atoms with Gasteiger partial charge in [0.05, 0.1) is 0 Å². The number of hydrogen-bond donors (Lipinski definition) is 0. The van der Waals surface area contributed by atoms with Crippen molar-refractivity contribution in [3.8, 4) is 0 Å². The molecule has 0 amide bonds. The summed E-state index contributed by atoms with van der Waals surface area (Å²) in [5.74, 6) is 0.757. The Morgan fingerprint density at radius 2 is 2.08 bits per heavy atom. The van der Waals surface area contributed by atoms with Gasteiger partial charge in [0.25, 0.3) is 0 Å². The Morgan fingerprint density at radius 1 is 1.42 bits per heavy atom. The molecule has 0 saturated carbocycles. The normalized spacial score (nSPS) is 14.7. The molecule has 1 heteroatoms. The van der Waals surface area contributed by atoms with Crippen LogP contribution in [0.5, 0.6) is 0 Å². The van der Waals surface area contributed by atoms with E-state index in [0.29, 0.717) is 5.41 Å². The molecule has 1 aromatic rings. The second kappa shape index (κ2) is 3.61. The van der Waals surface area contributed by atoms with Crippen molar-refractivity contribution in [1.29, 1.82) is 0 Å². The first-order valence-corrected chi connectivity index (χ1v) is 5.45. The molecule has 1 rings (SSSR count). The van der Waals surface area contributed by atoms with Gasteiger partial charge in [-0.15, -0.1) is 0 Å². The van der Waals surface area contributed by atoms with Crippen molar-refractivity contribution in [3.05, 3.63) is 22.4 Å². The molecule has 1 heterocycles. The highest BCUT2D eigenvalue weighted by atomic mass is 32.1. The maximum absolute atomic E-state index is 2.33. The standard InChI is InChI=1S/C11H18S/c1-9(11(2,3)4)7-10-5-6-12-8-10/h5-6,8-9H,7H2,1-4H3. The van der Waals surface area contributed by atoms with Crippen LogP contribution < -0.4 is 0 Å². The molecule has 0 aliphatic carbocycles. The Kier molecular flexibility index (Phi) is 2.94. The van der Waals surface area contributed by atoms with E-state index in [1.165, 1.54) is 12.0 Å². The van der Waals surface area contributed by atoms with Crippen LogP contribution >= 0.6 is 11.3 Å². The molecule has 1 unspecified atom stereocenters. The molecular formula is C11H18S. The minimum atomic E-state index is 0.432. The lowest BCUT2D eigenvalue weighted by atomic mass is 9.79. The molecule has 0 aliphatic heterocycles. The first kappa shape index (κ1) is 9.79. The average molecular weight is 182 g/mol. The highest BCUT2D eigenvalue weighted by molar-refractivity contribution is 7.07. The van der Waals surface area contributed by atoms with E-state index in [1.54, 1.807) is 11.3 Å². The predicted molar refractivity (Wildman–Crippen MR) is 56.6 cm³/mol. The molecule has 0 aromatic carbocycles. The monoisotopic (exact) mass is 182 g/mol. The molecule has 1 atom stereocenters. The van der Waals surface area contributed by atoms with Gasteiger partial charge < -0.3 is 0 Å². The average Bonchev–Trinajstić information content (AvgIpc) is 2.37. The van der Waals surface area contributed by atoms with Crippen molar-refractivity contribution >= 4 is 11.3 Å². The molecule has 1 aromatic heterocycles. The lowest BCUT2D eigenvalue weighted by molar-refractivity contribution is 0.260. The smallest absolute Gasteiger partial charge is 0.00612 e. The van der Waals surface area contributed by atoms with Gasteiger partial charge in [0.1, 0.15) is 0 Å². The summed E-state index contributed by atoms with van der Waals surface area (Å²) in [6.07, 6.45) is 1.22. The summed E-state index contributed by atoms with van der Waals surface area (Å²) in [5.41, 5.74) is 1.92. The van der Waals surface area contributed by atoms with Gasteiger partial charge in [-0.1, -0.05) is 27.7 Å². The predicted octanol–water partition coefficient (Wildman–Crippen LogP) is 3.97. The Morgan fingerprint density at radius 3 is 2.50 bits per heavy atom. The molecule has 0 saturated heterocycles. The summed E-state index contributed by atoms with van der Waals surface area (Å²) >= 11 is 1.79. The van der Waals surface area contributed by atoms with Crippen LogP contribution in [0.15, 0.2) is 16.8 Å². The zero-order chi connectivity index (χ0) is 9.19. The second-order valence-corrected chi connectivity index (χ2v) is 5.38. The van der Waals surface area contributed by atoms with E-state index in [9.17, 15) is 0 Å². The highest BCUT2D eigenvalue weighted by Crippen LogP contribution is 2.28. The van der Waals surface area contributed by atoms with E-state index >= 15 is 0 Å². The Labute approximate surface area is 79.6 Å². The summed E-state index contributed by atoms with van der Waals surface area (Å²) in [4.78, 5) is 0. The lowest BCUT2D eigenvalue weighted by Crippen LogP contribution is -2.19. The van der Waals surface area contributed by atoms with Crippen LogP contribution in [0.4, 0.5) is 0 Å². The van der Waals surface area contributed by atoms with Gasteiger partial charge in [-0.25, -0.2) is 0 Å². The second-order valence-electron chi connectivity index (χ2n) is 4.60. The van der Waals surface area contributed by atoms with Gasteiger partial charge in [-0.2, -0.15) is 11.3 Å². The van der Waals surface area contributed by atoms with E-state index in [0.717, 1.165) is 5.92 Å². The van der Waals surface area contributed by atoms with E-state index in [4.69, 9.17) is 0 Å². The summed E-state index contributed by atoms with van der Waals surface area (Å²) in [7, 11) is 0. The molecule has 0 fully saturated rings. The SMILES string of the molecule is CC(Cc1ccsc1)C(C)(C)C. The van der Waals surface area contributed by atoms with Crippen LogP contribution in [0.2, 0.25) is 0 Å². The zero-order valence-electron chi connectivity index (χ0n) is 8.42. The fraction of sp³-hybridized carbons (Fsp3) is 0.636. The van der Waals surface area contributed by atoms with Gasteiger partial charge in [-0.05, 0) is 40.1 Å². The van der Waals surface area contributed by atoms with Gasteiger partial charge in [0, 0.05) is 0 Å². The molecule has 0 aliphatic rings. The van der Waals surface area contributed by atoms with Crippen LogP contribution in [0.3, 0.4) is 0 Å². The van der Waals surface area contributed by atoms with Crippen molar-refractivity contribution in [2.24, 2.45) is 11.3 Å². The minimum absolute atomic E-state index is 0.432. The number of hydrogen-bond acceptors (Lipinski definition) is 1. The van der Waals surface area contributed by atoms with E-state index in [2.05, 4.69) is 44.5 Å². The lowest BCUT2D eigenvalue weighted by Gasteiger charge is -2.26. The van der Waals surface area contributed by atoms with Crippen LogP contribution in [-0.4, -0.2) is 0 Å². The molecule has 0 radical (unpaired) electrons. The topological polar surface area (TPSA) is 0 Å². The fourth-order valence-corrected chi connectivity index (χ4v) is 1.75. The third kappa shape index (κ3) is 2.63. The van der Waals surface area contributed by atoms with E-state index in [-0.39, 0.29) is 0 Å². The molecule has 0 nitrogen and oxygen atoms in total. The molecule has 12 heavy (non-hydrogen) atoms. The Bertz CT molecular complexity index is 216. The summed E-state index contributed by atoms with van der Waals surface area (Å²) in [6, 6.07) is 2.23. The summed E-state index contributed by atoms with van der Waals surface area (Å²) in [6.45, 7) is 9.26. The van der Waals surface area contributed by atoms with Crippen molar-refractivity contribution in [3.63, 3.8) is 0 Å². The maximum atomic E-state index is 2.33. The molecule has 0 spiro atoms. The number of rotatable bonds is 2. The third-order valence-electron chi connectivity index (χ3n) is 2.60. The van der Waals surface area contributed by atoms with Crippen molar-refractivity contribution < 1.29 is 0 Å². The molecule has 0 bridgehead atoms. The van der Waals surface area contributed by atoms with Crippen LogP contribution in [0.25, 0.3) is 0 Å². The molecular weight excluding hydrogens is 164 g/mol. The van der Waals surface area contributed by atoms with Crippen molar-refractivity contribution in [2.45, 2.75) is 34.1 Å². The Balaban J connectivity index is 2.53. The van der Waals surface area contributed by atoms with Crippen LogP contribution in [-0.2, 0) is 6.42 Å². The van der Waals surface area contributed by atoms with Crippen molar-refractivity contribution in [1.82, 2.24) is 0 Å². The summed E-state index contributed by atoms with van der Waals surface area (Å²) < 4.78 is 0. The van der Waals surface area contributed by atoms with Gasteiger partial charge in [0.15, 0.2) is 0 Å². The van der Waals surface area contributed by atoms with E-state index in [1.807, 2.05) is 0 Å². The van der Waals surface area contributed by atoms with Crippen molar-refractivity contribution in [2.75, 3.05) is 0 Å². The highest BCUT2D eigenvalue weighted by Gasteiger charge is 2.19. The summed E-state index contributed by atoms with van der Waals surface area (Å²) in [5, 5.41) is 4.41. The van der Waals surface area contributed by atoms with Gasteiger partial charge in [-0.3, -0.25) is 0 Å². The first-order valence-electron chi connectivity index (χ1n) is 4.51. The molecule has 68 valence electrons. The van der Waals surface area contributed by atoms with Crippen LogP contribution in [0.1, 0.15) is 33.3 Å². The Hall–Kier alpha value is -0.300. The minimum Gasteiger partial charge on any atom is -0.152 e. The molecule has 0 N–H and O–H groups in total. The van der Waals surface area contributed by atoms with Crippen LogP contribution in [0, 0.1) is 11.3 Å². The number of thiophene rings is 1. The van der Waals surface area contributed by atoms with Gasteiger partial charge in [0.2, 0.25) is 0 Å². The fourth-order valence-electron chi connectivity index (χ4n) is 1.07. The quantitative estimate of drug-likeness (QED) is 0.649. The van der Waals surface area contributed by atoms with E-state index < -0.39 is 0 Å². The first-order chi connectivity index (χ1) is 5.50. The maximum Gasteiger partial charge on any atom is -0.00612 e. The zero-order valence-corrected chi connectivity index (χ0v) is 9.24.